The quantitative estimate of drug-likeness (QED) is 0.324. The molecule has 4 heteroatoms. The smallest absolute Gasteiger partial charge is 0.310 e. The van der Waals surface area contributed by atoms with Crippen molar-refractivity contribution >= 4 is 11.9 Å². The molecule has 3 unspecified atom stereocenters. The van der Waals surface area contributed by atoms with E-state index in [1.165, 1.54) is 19.3 Å². The molecule has 0 spiro atoms. The summed E-state index contributed by atoms with van der Waals surface area (Å²) in [6.07, 6.45) is 8.70. The Balaban J connectivity index is 1.77. The van der Waals surface area contributed by atoms with Gasteiger partial charge in [0.15, 0.2) is 0 Å². The Morgan fingerprint density at radius 3 is 2.17 bits per heavy atom. The van der Waals surface area contributed by atoms with Crippen molar-refractivity contribution in [3.8, 4) is 0 Å². The Bertz CT molecular complexity index is 611. The number of unbranched alkanes of at least 4 members (excludes halogenated alkanes) is 3. The number of carbonyl (C=O) groups is 2. The summed E-state index contributed by atoms with van der Waals surface area (Å²) < 4.78 is 11.2. The van der Waals surface area contributed by atoms with Gasteiger partial charge in [0.25, 0.3) is 0 Å². The van der Waals surface area contributed by atoms with Gasteiger partial charge in [-0.05, 0) is 37.7 Å². The number of ether oxygens (including phenoxy) is 2. The van der Waals surface area contributed by atoms with E-state index in [4.69, 9.17) is 9.47 Å². The van der Waals surface area contributed by atoms with Crippen LogP contribution in [0.2, 0.25) is 0 Å². The van der Waals surface area contributed by atoms with Crippen molar-refractivity contribution in [2.45, 2.75) is 84.7 Å². The van der Waals surface area contributed by atoms with Crippen molar-refractivity contribution in [2.75, 3.05) is 6.61 Å². The van der Waals surface area contributed by atoms with Gasteiger partial charge >= 0.3 is 11.9 Å². The highest BCUT2D eigenvalue weighted by molar-refractivity contribution is 5.82. The first-order chi connectivity index (χ1) is 14.0. The van der Waals surface area contributed by atoms with Crippen molar-refractivity contribution in [3.05, 3.63) is 35.9 Å². The number of benzene rings is 1. The molecule has 1 aromatic carbocycles. The summed E-state index contributed by atoms with van der Waals surface area (Å²) in [7, 11) is 0. The van der Waals surface area contributed by atoms with E-state index in [-0.39, 0.29) is 29.9 Å². The minimum Gasteiger partial charge on any atom is -0.465 e. The molecule has 1 aliphatic carbocycles. The molecule has 4 nitrogen and oxygen atoms in total. The molecule has 0 aliphatic heterocycles. The van der Waals surface area contributed by atoms with E-state index in [2.05, 4.69) is 13.8 Å². The van der Waals surface area contributed by atoms with Crippen LogP contribution in [-0.4, -0.2) is 18.5 Å². The van der Waals surface area contributed by atoms with Crippen molar-refractivity contribution in [3.63, 3.8) is 0 Å². The van der Waals surface area contributed by atoms with Gasteiger partial charge in [-0.25, -0.2) is 0 Å². The Kier molecular flexibility index (Phi) is 10.2. The Hall–Kier alpha value is -1.84. The number of carbonyl (C=O) groups excluding carboxylic acids is 2. The summed E-state index contributed by atoms with van der Waals surface area (Å²) in [5, 5.41) is 0. The second kappa shape index (κ2) is 12.7. The normalized spacial score (nSPS) is 20.3. The first-order valence-electron chi connectivity index (χ1n) is 11.4. The van der Waals surface area contributed by atoms with Gasteiger partial charge in [-0.15, -0.1) is 0 Å². The fraction of sp³-hybridized carbons (Fsp3) is 0.680. The van der Waals surface area contributed by atoms with Crippen LogP contribution >= 0.6 is 0 Å². The zero-order valence-electron chi connectivity index (χ0n) is 18.4. The van der Waals surface area contributed by atoms with Crippen molar-refractivity contribution in [1.82, 2.24) is 0 Å². The Morgan fingerprint density at radius 2 is 1.52 bits per heavy atom. The van der Waals surface area contributed by atoms with Crippen LogP contribution in [0.5, 0.6) is 0 Å². The lowest BCUT2D eigenvalue weighted by Crippen LogP contribution is -2.35. The lowest BCUT2D eigenvalue weighted by atomic mass is 9.79. The maximum Gasteiger partial charge on any atom is 0.310 e. The molecule has 0 radical (unpaired) electrons. The predicted octanol–water partition coefficient (Wildman–Crippen LogP) is 6.25. The summed E-state index contributed by atoms with van der Waals surface area (Å²) in [6.45, 7) is 6.82. The summed E-state index contributed by atoms with van der Waals surface area (Å²) >= 11 is 0. The summed E-state index contributed by atoms with van der Waals surface area (Å²) in [4.78, 5) is 25.4. The highest BCUT2D eigenvalue weighted by Gasteiger charge is 2.38. The Labute approximate surface area is 176 Å². The van der Waals surface area contributed by atoms with Gasteiger partial charge in [0.1, 0.15) is 6.10 Å². The van der Waals surface area contributed by atoms with E-state index in [0.717, 1.165) is 37.2 Å². The molecule has 0 heterocycles. The molecule has 0 bridgehead atoms. The zero-order chi connectivity index (χ0) is 21.1. The third-order valence-electron chi connectivity index (χ3n) is 5.85. The molecule has 1 aliphatic rings. The lowest BCUT2D eigenvalue weighted by molar-refractivity contribution is -0.166. The molecule has 0 saturated heterocycles. The van der Waals surface area contributed by atoms with Crippen LogP contribution in [0.15, 0.2) is 30.3 Å². The predicted molar refractivity (Wildman–Crippen MR) is 115 cm³/mol. The largest absolute Gasteiger partial charge is 0.465 e. The van der Waals surface area contributed by atoms with Gasteiger partial charge in [-0.1, -0.05) is 82.7 Å². The average molecular weight is 403 g/mol. The Morgan fingerprint density at radius 1 is 0.897 bits per heavy atom. The number of rotatable bonds is 11. The molecule has 0 N–H and O–H groups in total. The van der Waals surface area contributed by atoms with Crippen molar-refractivity contribution in [1.29, 1.82) is 0 Å². The molecule has 162 valence electrons. The van der Waals surface area contributed by atoms with Crippen LogP contribution in [0.25, 0.3) is 0 Å². The third kappa shape index (κ3) is 8.20. The number of esters is 2. The molecule has 1 aromatic rings. The van der Waals surface area contributed by atoms with Gasteiger partial charge < -0.3 is 9.47 Å². The van der Waals surface area contributed by atoms with Crippen molar-refractivity contribution in [2.24, 2.45) is 17.8 Å². The second-order valence-corrected chi connectivity index (χ2v) is 8.75. The third-order valence-corrected chi connectivity index (χ3v) is 5.85. The number of hydrogen-bond donors (Lipinski definition) is 0. The molecule has 0 aromatic heterocycles. The fourth-order valence-electron chi connectivity index (χ4n) is 4.04. The van der Waals surface area contributed by atoms with Gasteiger partial charge in [0.2, 0.25) is 0 Å². The second-order valence-electron chi connectivity index (χ2n) is 8.75. The molecule has 2 rings (SSSR count). The molecule has 3 atom stereocenters. The molecule has 1 fully saturated rings. The van der Waals surface area contributed by atoms with Gasteiger partial charge in [-0.2, -0.15) is 0 Å². The number of hydrogen-bond acceptors (Lipinski definition) is 4. The van der Waals surface area contributed by atoms with E-state index in [1.54, 1.807) is 0 Å². The zero-order valence-corrected chi connectivity index (χ0v) is 18.4. The van der Waals surface area contributed by atoms with Crippen LogP contribution in [0.4, 0.5) is 0 Å². The maximum atomic E-state index is 12.8. The maximum absolute atomic E-state index is 12.8. The van der Waals surface area contributed by atoms with Crippen LogP contribution in [-0.2, 0) is 19.1 Å². The molecule has 29 heavy (non-hydrogen) atoms. The molecule has 0 amide bonds. The van der Waals surface area contributed by atoms with Gasteiger partial charge in [0, 0.05) is 0 Å². The minimum atomic E-state index is -0.381. The van der Waals surface area contributed by atoms with Crippen LogP contribution in [0, 0.1) is 17.8 Å². The SMILES string of the molecule is CC(C)CCCCCCOC(=O)C1CCCCC1C(=O)OC(C)c1ccccc1. The average Bonchev–Trinajstić information content (AvgIpc) is 2.73. The molecule has 1 saturated carbocycles. The van der Waals surface area contributed by atoms with E-state index >= 15 is 0 Å². The highest BCUT2D eigenvalue weighted by atomic mass is 16.5. The van der Waals surface area contributed by atoms with E-state index < -0.39 is 0 Å². The van der Waals surface area contributed by atoms with Crippen molar-refractivity contribution < 1.29 is 19.1 Å². The lowest BCUT2D eigenvalue weighted by Gasteiger charge is -2.29. The van der Waals surface area contributed by atoms with Gasteiger partial charge in [-0.3, -0.25) is 9.59 Å². The summed E-state index contributed by atoms with van der Waals surface area (Å²) in [6, 6.07) is 9.71. The first kappa shape index (κ1) is 23.4. The molecular weight excluding hydrogens is 364 g/mol. The van der Waals surface area contributed by atoms with Crippen LogP contribution in [0.1, 0.15) is 90.2 Å². The van der Waals surface area contributed by atoms with E-state index in [9.17, 15) is 9.59 Å². The first-order valence-corrected chi connectivity index (χ1v) is 11.4. The minimum absolute atomic E-state index is 0.221. The molecular formula is C25H38O4. The monoisotopic (exact) mass is 402 g/mol. The van der Waals surface area contributed by atoms with Crippen LogP contribution in [0.3, 0.4) is 0 Å². The topological polar surface area (TPSA) is 52.6 Å². The highest BCUT2D eigenvalue weighted by Crippen LogP contribution is 2.33. The summed E-state index contributed by atoms with van der Waals surface area (Å²) in [5.74, 6) is -0.480. The van der Waals surface area contributed by atoms with E-state index in [0.29, 0.717) is 19.4 Å². The van der Waals surface area contributed by atoms with E-state index in [1.807, 2.05) is 37.3 Å². The fourth-order valence-corrected chi connectivity index (χ4v) is 4.04. The van der Waals surface area contributed by atoms with Gasteiger partial charge in [0.05, 0.1) is 18.4 Å². The van der Waals surface area contributed by atoms with Crippen LogP contribution < -0.4 is 0 Å². The summed E-state index contributed by atoms with van der Waals surface area (Å²) in [5.41, 5.74) is 0.966. The standard InChI is InChI=1S/C25H38O4/c1-19(2)13-7-4-5-12-18-28-24(26)22-16-10-11-17-23(22)25(27)29-20(3)21-14-8-6-9-15-21/h6,8-9,14-15,19-20,22-23H,4-5,7,10-13,16-18H2,1-3H3.